The van der Waals surface area contributed by atoms with Crippen molar-refractivity contribution in [3.63, 3.8) is 0 Å². The Morgan fingerprint density at radius 1 is 1.17 bits per heavy atom. The number of nitrogens with one attached hydrogen (secondary N) is 1. The van der Waals surface area contributed by atoms with Gasteiger partial charge in [0.25, 0.3) is 0 Å². The van der Waals surface area contributed by atoms with E-state index in [1.807, 2.05) is 24.3 Å². The summed E-state index contributed by atoms with van der Waals surface area (Å²) in [6, 6.07) is 7.11. The number of esters is 1. The Morgan fingerprint density at radius 2 is 1.79 bits per heavy atom. The molecule has 1 atom stereocenters. The first-order valence-electron chi connectivity index (χ1n) is 7.53. The van der Waals surface area contributed by atoms with Gasteiger partial charge >= 0.3 is 149 Å². The number of alkyl carbamates (subject to hydrolysis) is 1. The number of amides is 1. The van der Waals surface area contributed by atoms with E-state index in [-0.39, 0.29) is 15.0 Å². The van der Waals surface area contributed by atoms with E-state index in [1.165, 1.54) is 7.11 Å². The van der Waals surface area contributed by atoms with Crippen molar-refractivity contribution in [2.45, 2.75) is 43.1 Å². The summed E-state index contributed by atoms with van der Waals surface area (Å²) in [6.07, 6.45) is -0.613. The summed E-state index contributed by atoms with van der Waals surface area (Å²) in [6.45, 7) is 5.31. The molecule has 0 spiro atoms. The van der Waals surface area contributed by atoms with Gasteiger partial charge < -0.3 is 0 Å². The third kappa shape index (κ3) is 7.70. The average molecular weight is 402 g/mol. The monoisotopic (exact) mass is 403 g/mol. The molecule has 0 aliphatic rings. The Labute approximate surface area is 149 Å². The van der Waals surface area contributed by atoms with Crippen molar-refractivity contribution in [1.29, 1.82) is 0 Å². The van der Waals surface area contributed by atoms with E-state index in [1.54, 1.807) is 27.9 Å². The Morgan fingerprint density at radius 3 is 2.29 bits per heavy atom. The SMILES string of the molecule is COC(=O)C(C[Se]Cc1ccc(OC)cc1)NC(=O)OC(C)(C)C. The minimum absolute atomic E-state index is 0.127. The van der Waals surface area contributed by atoms with Crippen molar-refractivity contribution in [3.05, 3.63) is 29.8 Å². The second kappa shape index (κ2) is 9.55. The fourth-order valence-corrected chi connectivity index (χ4v) is 3.88. The molecule has 0 radical (unpaired) electrons. The molecule has 7 heteroatoms. The van der Waals surface area contributed by atoms with Gasteiger partial charge in [0, 0.05) is 0 Å². The summed E-state index contributed by atoms with van der Waals surface area (Å²) < 4.78 is 15.1. The number of benzene rings is 1. The summed E-state index contributed by atoms with van der Waals surface area (Å²) in [7, 11) is 2.94. The molecule has 1 N–H and O–H groups in total. The molecule has 1 aromatic rings. The van der Waals surface area contributed by atoms with Gasteiger partial charge in [-0.15, -0.1) is 0 Å². The van der Waals surface area contributed by atoms with Crippen LogP contribution in [0.15, 0.2) is 24.3 Å². The van der Waals surface area contributed by atoms with Gasteiger partial charge in [-0.05, 0) is 0 Å². The molecule has 1 amide bonds. The fraction of sp³-hybridized carbons (Fsp3) is 0.529. The van der Waals surface area contributed by atoms with Crippen molar-refractivity contribution in [2.75, 3.05) is 14.2 Å². The third-order valence-corrected chi connectivity index (χ3v) is 5.21. The summed E-state index contributed by atoms with van der Waals surface area (Å²) in [5.41, 5.74) is 0.551. The van der Waals surface area contributed by atoms with Crippen LogP contribution in [0, 0.1) is 0 Å². The molecule has 0 aromatic heterocycles. The standard InChI is InChI=1S/C17H25NO5Se/c1-17(2,3)23-16(20)18-14(15(19)22-5)11-24-10-12-6-8-13(21-4)9-7-12/h6-9,14H,10-11H2,1-5H3,(H,18,20). The molecule has 1 unspecified atom stereocenters. The molecule has 6 nitrogen and oxygen atoms in total. The number of hydrogen-bond donors (Lipinski definition) is 1. The molecule has 0 aliphatic heterocycles. The summed E-state index contributed by atoms with van der Waals surface area (Å²) in [5, 5.41) is 3.97. The van der Waals surface area contributed by atoms with Gasteiger partial charge in [0.2, 0.25) is 0 Å². The summed E-state index contributed by atoms with van der Waals surface area (Å²) >= 11 is 0.127. The number of carbonyl (C=O) groups is 2. The topological polar surface area (TPSA) is 73.9 Å². The van der Waals surface area contributed by atoms with E-state index >= 15 is 0 Å². The van der Waals surface area contributed by atoms with Crippen LogP contribution in [-0.2, 0) is 19.6 Å². The molecule has 0 saturated carbocycles. The molecular formula is C17H25NO5Se. The van der Waals surface area contributed by atoms with Gasteiger partial charge in [-0.1, -0.05) is 0 Å². The first-order valence-corrected chi connectivity index (χ1v) is 9.95. The van der Waals surface area contributed by atoms with Crippen molar-refractivity contribution in [2.24, 2.45) is 0 Å². The average Bonchev–Trinajstić information content (AvgIpc) is 2.52. The molecule has 24 heavy (non-hydrogen) atoms. The van der Waals surface area contributed by atoms with Crippen molar-refractivity contribution in [1.82, 2.24) is 5.32 Å². The molecule has 1 aromatic carbocycles. The first-order chi connectivity index (χ1) is 11.2. The van der Waals surface area contributed by atoms with E-state index in [4.69, 9.17) is 14.2 Å². The van der Waals surface area contributed by atoms with Gasteiger partial charge in [-0.25, -0.2) is 0 Å². The van der Waals surface area contributed by atoms with Crippen LogP contribution in [0.5, 0.6) is 5.75 Å². The number of rotatable bonds is 7. The number of hydrogen-bond acceptors (Lipinski definition) is 5. The van der Waals surface area contributed by atoms with E-state index in [2.05, 4.69) is 5.32 Å². The second-order valence-corrected chi connectivity index (χ2v) is 8.25. The Kier molecular flexibility index (Phi) is 8.08. The van der Waals surface area contributed by atoms with Gasteiger partial charge in [0.05, 0.1) is 0 Å². The van der Waals surface area contributed by atoms with Crippen LogP contribution in [-0.4, -0.2) is 52.9 Å². The van der Waals surface area contributed by atoms with Gasteiger partial charge in [0.15, 0.2) is 0 Å². The predicted octanol–water partition coefficient (Wildman–Crippen LogP) is 2.38. The summed E-state index contributed by atoms with van der Waals surface area (Å²) in [5.74, 6) is 0.350. The molecule has 0 saturated heterocycles. The molecule has 1 rings (SSSR count). The minimum atomic E-state index is -0.692. The predicted molar refractivity (Wildman–Crippen MR) is 92.4 cm³/mol. The maximum absolute atomic E-state index is 11.8. The quantitative estimate of drug-likeness (QED) is 0.560. The third-order valence-electron chi connectivity index (χ3n) is 2.89. The van der Waals surface area contributed by atoms with Crippen LogP contribution in [0.2, 0.25) is 5.32 Å². The Bertz CT molecular complexity index is 539. The fourth-order valence-electron chi connectivity index (χ4n) is 1.78. The zero-order valence-corrected chi connectivity index (χ0v) is 16.5. The summed E-state index contributed by atoms with van der Waals surface area (Å²) in [4.78, 5) is 23.7. The van der Waals surface area contributed by atoms with Crippen LogP contribution in [0.4, 0.5) is 4.79 Å². The Hall–Kier alpha value is -1.72. The second-order valence-electron chi connectivity index (χ2n) is 6.09. The normalized spacial score (nSPS) is 12.2. The molecule has 0 aliphatic carbocycles. The van der Waals surface area contributed by atoms with Gasteiger partial charge in [-0.2, -0.15) is 0 Å². The van der Waals surface area contributed by atoms with E-state index in [0.717, 1.165) is 16.6 Å². The van der Waals surface area contributed by atoms with Crippen LogP contribution < -0.4 is 10.1 Å². The molecule has 0 heterocycles. The van der Waals surface area contributed by atoms with Gasteiger partial charge in [0.1, 0.15) is 0 Å². The zero-order chi connectivity index (χ0) is 18.2. The van der Waals surface area contributed by atoms with Gasteiger partial charge in [-0.3, -0.25) is 0 Å². The maximum atomic E-state index is 11.8. The molecular weight excluding hydrogens is 377 g/mol. The number of carbonyl (C=O) groups excluding carboxylic acids is 2. The van der Waals surface area contributed by atoms with Crippen LogP contribution >= 0.6 is 0 Å². The number of ether oxygens (including phenoxy) is 3. The van der Waals surface area contributed by atoms with E-state index < -0.39 is 23.7 Å². The molecule has 0 bridgehead atoms. The Balaban J connectivity index is 2.53. The molecule has 0 fully saturated rings. The molecule has 134 valence electrons. The van der Waals surface area contributed by atoms with E-state index in [9.17, 15) is 9.59 Å². The van der Waals surface area contributed by atoms with Crippen molar-refractivity contribution < 1.29 is 23.8 Å². The van der Waals surface area contributed by atoms with Crippen LogP contribution in [0.25, 0.3) is 0 Å². The number of methoxy groups -OCH3 is 2. The first kappa shape index (κ1) is 20.3. The zero-order valence-electron chi connectivity index (χ0n) is 14.8. The van der Waals surface area contributed by atoms with Crippen LogP contribution in [0.3, 0.4) is 0 Å². The van der Waals surface area contributed by atoms with Crippen molar-refractivity contribution >= 4 is 27.0 Å². The van der Waals surface area contributed by atoms with E-state index in [0.29, 0.717) is 5.32 Å². The van der Waals surface area contributed by atoms with Crippen molar-refractivity contribution in [3.8, 4) is 5.75 Å². The van der Waals surface area contributed by atoms with Crippen LogP contribution in [0.1, 0.15) is 26.3 Å².